The highest BCUT2D eigenvalue weighted by atomic mass is 19.4. The van der Waals surface area contributed by atoms with Crippen LogP contribution in [-0.2, 0) is 11.8 Å². The third-order valence-corrected chi connectivity index (χ3v) is 6.31. The van der Waals surface area contributed by atoms with Crippen LogP contribution in [0, 0.1) is 0 Å². The minimum absolute atomic E-state index is 0.0143. The molecule has 0 bridgehead atoms. The molecule has 35 heavy (non-hydrogen) atoms. The maximum absolute atomic E-state index is 14.0. The van der Waals surface area contributed by atoms with E-state index in [1.54, 1.807) is 35.2 Å². The molecular formula is C24H29F3N4O4. The van der Waals surface area contributed by atoms with E-state index in [9.17, 15) is 28.2 Å². The van der Waals surface area contributed by atoms with Crippen molar-refractivity contribution in [3.63, 3.8) is 0 Å². The summed E-state index contributed by atoms with van der Waals surface area (Å²) in [4.78, 5) is 17.2. The fraction of sp³-hybridized carbons (Fsp3) is 0.417. The van der Waals surface area contributed by atoms with Crippen LogP contribution in [0.15, 0.2) is 47.5 Å². The molecule has 1 aliphatic rings. The highest BCUT2D eigenvalue weighted by Gasteiger charge is 2.41. The predicted octanol–water partition coefficient (Wildman–Crippen LogP) is 2.53. The Kier molecular flexibility index (Phi) is 7.73. The van der Waals surface area contributed by atoms with Gasteiger partial charge in [-0.2, -0.15) is 18.2 Å². The highest BCUT2D eigenvalue weighted by molar-refractivity contribution is 6.04. The number of nitrogens with zero attached hydrogens (tertiary/aromatic N) is 2. The number of alkyl halides is 3. The smallest absolute Gasteiger partial charge is 0.416 e. The standard InChI is InChI=1S/C24H29F3N4O4/c1-23(34,15-6-4-3-5-7-15)21(33)31-10-8-14(9-11-31)16-13-19(35-2)17(20(32)30-22(28)29)12-18(16)24(25,26)27/h3-7,12-14,21,33-34H,8-11H2,1-2H3,(H4,28,29,30,32). The van der Waals surface area contributed by atoms with Crippen LogP contribution < -0.4 is 16.2 Å². The predicted molar refractivity (Wildman–Crippen MR) is 124 cm³/mol. The van der Waals surface area contributed by atoms with Gasteiger partial charge >= 0.3 is 6.18 Å². The summed E-state index contributed by atoms with van der Waals surface area (Å²) in [6, 6.07) is 10.6. The van der Waals surface area contributed by atoms with Crippen molar-refractivity contribution in [3.8, 4) is 5.75 Å². The van der Waals surface area contributed by atoms with Gasteiger partial charge in [0.2, 0.25) is 0 Å². The fourth-order valence-corrected chi connectivity index (χ4v) is 4.43. The van der Waals surface area contributed by atoms with Crippen LogP contribution >= 0.6 is 0 Å². The van der Waals surface area contributed by atoms with Gasteiger partial charge in [0.1, 0.15) is 17.6 Å². The Morgan fingerprint density at radius 3 is 2.29 bits per heavy atom. The Labute approximate surface area is 201 Å². The van der Waals surface area contributed by atoms with Crippen LogP contribution in [-0.4, -0.2) is 53.4 Å². The van der Waals surface area contributed by atoms with E-state index in [-0.39, 0.29) is 37.2 Å². The summed E-state index contributed by atoms with van der Waals surface area (Å²) < 4.78 is 47.1. The molecule has 2 aromatic carbocycles. The number of carbonyl (C=O) groups is 1. The number of hydrogen-bond acceptors (Lipinski definition) is 5. The van der Waals surface area contributed by atoms with E-state index in [0.29, 0.717) is 11.6 Å². The Hall–Kier alpha value is -3.15. The Morgan fingerprint density at radius 2 is 1.77 bits per heavy atom. The summed E-state index contributed by atoms with van der Waals surface area (Å²) in [5, 5.41) is 21.8. The first-order chi connectivity index (χ1) is 16.4. The third kappa shape index (κ3) is 5.75. The molecule has 8 nitrogen and oxygen atoms in total. The molecule has 2 aromatic rings. The van der Waals surface area contributed by atoms with E-state index < -0.39 is 46.9 Å². The third-order valence-electron chi connectivity index (χ3n) is 6.31. The number of amides is 1. The molecule has 1 aliphatic heterocycles. The lowest BCUT2D eigenvalue weighted by molar-refractivity contribution is -0.151. The van der Waals surface area contributed by atoms with E-state index >= 15 is 0 Å². The molecule has 0 saturated carbocycles. The largest absolute Gasteiger partial charge is 0.496 e. The minimum Gasteiger partial charge on any atom is -0.496 e. The lowest BCUT2D eigenvalue weighted by Crippen LogP contribution is -2.51. The summed E-state index contributed by atoms with van der Waals surface area (Å²) in [7, 11) is 1.24. The second-order valence-corrected chi connectivity index (χ2v) is 8.68. The molecule has 2 unspecified atom stereocenters. The van der Waals surface area contributed by atoms with Gasteiger partial charge in [0.05, 0.1) is 18.2 Å². The van der Waals surface area contributed by atoms with E-state index in [1.165, 1.54) is 20.1 Å². The van der Waals surface area contributed by atoms with Gasteiger partial charge in [-0.15, -0.1) is 0 Å². The van der Waals surface area contributed by atoms with Crippen molar-refractivity contribution < 1.29 is 32.9 Å². The molecule has 190 valence electrons. The molecule has 1 amide bonds. The van der Waals surface area contributed by atoms with Crippen molar-refractivity contribution in [2.24, 2.45) is 16.5 Å². The molecule has 11 heteroatoms. The number of carbonyl (C=O) groups excluding carboxylic acids is 1. The first kappa shape index (κ1) is 26.5. The van der Waals surface area contributed by atoms with Crippen LogP contribution in [0.4, 0.5) is 13.2 Å². The lowest BCUT2D eigenvalue weighted by Gasteiger charge is -2.41. The highest BCUT2D eigenvalue weighted by Crippen LogP contribution is 2.42. The van der Waals surface area contributed by atoms with Crippen molar-refractivity contribution in [1.29, 1.82) is 0 Å². The van der Waals surface area contributed by atoms with E-state index in [4.69, 9.17) is 16.2 Å². The minimum atomic E-state index is -4.73. The van der Waals surface area contributed by atoms with Crippen LogP contribution in [0.25, 0.3) is 0 Å². The number of aliphatic imine (C=N–C) groups is 1. The van der Waals surface area contributed by atoms with Crippen molar-refractivity contribution in [2.45, 2.75) is 43.7 Å². The number of hydrogen-bond donors (Lipinski definition) is 4. The zero-order valence-electron chi connectivity index (χ0n) is 19.4. The second kappa shape index (κ2) is 10.2. The zero-order chi connectivity index (χ0) is 26.0. The normalized spacial score (nSPS) is 17.9. The molecule has 6 N–H and O–H groups in total. The Morgan fingerprint density at radius 1 is 1.17 bits per heavy atom. The van der Waals surface area contributed by atoms with Gasteiger partial charge in [-0.1, -0.05) is 30.3 Å². The average Bonchev–Trinajstić information content (AvgIpc) is 2.82. The topological polar surface area (TPSA) is 134 Å². The Balaban J connectivity index is 1.87. The quantitative estimate of drug-likeness (QED) is 0.358. The lowest BCUT2D eigenvalue weighted by atomic mass is 9.84. The summed E-state index contributed by atoms with van der Waals surface area (Å²) in [6.07, 6.45) is -5.41. The van der Waals surface area contributed by atoms with Gasteiger partial charge in [0, 0.05) is 13.1 Å². The van der Waals surface area contributed by atoms with Gasteiger partial charge in [-0.05, 0) is 48.9 Å². The second-order valence-electron chi connectivity index (χ2n) is 8.68. The number of aliphatic hydroxyl groups is 2. The van der Waals surface area contributed by atoms with E-state index in [2.05, 4.69) is 4.99 Å². The van der Waals surface area contributed by atoms with Gasteiger partial charge in [-0.25, -0.2) is 0 Å². The van der Waals surface area contributed by atoms with Crippen LogP contribution in [0.1, 0.15) is 52.7 Å². The first-order valence-electron chi connectivity index (χ1n) is 11.0. The van der Waals surface area contributed by atoms with Gasteiger partial charge in [0.25, 0.3) is 5.91 Å². The number of likely N-dealkylation sites (tertiary alicyclic amines) is 1. The SMILES string of the molecule is COc1cc(C2CCN(C(O)C(C)(O)c3ccccc3)CC2)c(C(F)(F)F)cc1C(=O)N=C(N)N. The van der Waals surface area contributed by atoms with E-state index in [0.717, 1.165) is 0 Å². The first-order valence-corrected chi connectivity index (χ1v) is 11.0. The number of rotatable bonds is 6. The number of methoxy groups -OCH3 is 1. The van der Waals surface area contributed by atoms with Crippen molar-refractivity contribution in [3.05, 3.63) is 64.7 Å². The molecular weight excluding hydrogens is 465 g/mol. The summed E-state index contributed by atoms with van der Waals surface area (Å²) in [5.74, 6) is -2.21. The van der Waals surface area contributed by atoms with Crippen molar-refractivity contribution >= 4 is 11.9 Å². The van der Waals surface area contributed by atoms with Gasteiger partial charge < -0.3 is 26.4 Å². The number of ether oxygens (including phenoxy) is 1. The Bertz CT molecular complexity index is 1080. The molecule has 0 spiro atoms. The zero-order valence-corrected chi connectivity index (χ0v) is 19.4. The number of piperidine rings is 1. The molecule has 3 rings (SSSR count). The van der Waals surface area contributed by atoms with Crippen molar-refractivity contribution in [2.75, 3.05) is 20.2 Å². The van der Waals surface area contributed by atoms with Crippen LogP contribution in [0.5, 0.6) is 5.75 Å². The molecule has 1 saturated heterocycles. The number of benzene rings is 2. The summed E-state index contributed by atoms with van der Waals surface area (Å²) >= 11 is 0. The number of nitrogens with two attached hydrogens (primary N) is 2. The fourth-order valence-electron chi connectivity index (χ4n) is 4.43. The number of halogens is 3. The van der Waals surface area contributed by atoms with E-state index in [1.807, 2.05) is 0 Å². The van der Waals surface area contributed by atoms with Crippen molar-refractivity contribution in [1.82, 2.24) is 4.90 Å². The molecule has 2 atom stereocenters. The molecule has 0 radical (unpaired) electrons. The van der Waals surface area contributed by atoms with Crippen LogP contribution in [0.2, 0.25) is 0 Å². The van der Waals surface area contributed by atoms with Gasteiger partial charge in [0.15, 0.2) is 5.96 Å². The summed E-state index contributed by atoms with van der Waals surface area (Å²) in [5.41, 5.74) is 7.97. The molecule has 1 fully saturated rings. The summed E-state index contributed by atoms with van der Waals surface area (Å²) in [6.45, 7) is 2.00. The van der Waals surface area contributed by atoms with Crippen LogP contribution in [0.3, 0.4) is 0 Å². The number of guanidine groups is 1. The number of aliphatic hydroxyl groups excluding tert-OH is 1. The molecule has 0 aliphatic carbocycles. The van der Waals surface area contributed by atoms with Gasteiger partial charge in [-0.3, -0.25) is 9.69 Å². The monoisotopic (exact) mass is 494 g/mol. The molecule has 1 heterocycles. The average molecular weight is 495 g/mol. The molecule has 0 aromatic heterocycles. The maximum atomic E-state index is 14.0. The maximum Gasteiger partial charge on any atom is 0.416 e.